The van der Waals surface area contributed by atoms with Crippen LogP contribution in [0.4, 0.5) is 4.39 Å². The van der Waals surface area contributed by atoms with Crippen LogP contribution in [0.15, 0.2) is 48.8 Å². The van der Waals surface area contributed by atoms with Gasteiger partial charge in [-0.3, -0.25) is 4.98 Å². The van der Waals surface area contributed by atoms with E-state index in [2.05, 4.69) is 9.97 Å². The normalized spacial score (nSPS) is 10.7. The summed E-state index contributed by atoms with van der Waals surface area (Å²) in [6, 6.07) is 9.64. The summed E-state index contributed by atoms with van der Waals surface area (Å²) in [5.74, 6) is -1.54. The van der Waals surface area contributed by atoms with Crippen molar-refractivity contribution in [1.82, 2.24) is 9.97 Å². The lowest BCUT2D eigenvalue weighted by molar-refractivity contribution is 0.0699. The quantitative estimate of drug-likeness (QED) is 0.775. The molecule has 98 valence electrons. The first-order valence-electron chi connectivity index (χ1n) is 5.89. The number of hydrogen-bond acceptors (Lipinski definition) is 3. The number of aromatic nitrogens is 2. The molecule has 0 aliphatic carbocycles. The first kappa shape index (κ1) is 12.2. The molecule has 0 amide bonds. The molecular formula is C15H9FN2O2. The third-order valence-electron chi connectivity index (χ3n) is 2.95. The van der Waals surface area contributed by atoms with Crippen LogP contribution < -0.4 is 0 Å². The maximum Gasteiger partial charge on any atom is 0.336 e. The van der Waals surface area contributed by atoms with Crippen LogP contribution in [0.3, 0.4) is 0 Å². The average molecular weight is 268 g/mol. The molecule has 0 aliphatic rings. The summed E-state index contributed by atoms with van der Waals surface area (Å²) >= 11 is 0. The van der Waals surface area contributed by atoms with Gasteiger partial charge in [0.25, 0.3) is 0 Å². The van der Waals surface area contributed by atoms with Crippen LogP contribution in [-0.4, -0.2) is 21.0 Å². The monoisotopic (exact) mass is 268 g/mol. The zero-order valence-corrected chi connectivity index (χ0v) is 10.2. The van der Waals surface area contributed by atoms with Crippen LogP contribution in [0.1, 0.15) is 10.4 Å². The van der Waals surface area contributed by atoms with Gasteiger partial charge in [0.1, 0.15) is 5.82 Å². The highest BCUT2D eigenvalue weighted by molar-refractivity contribution is 6.03. The number of carbonyl (C=O) groups is 1. The molecule has 20 heavy (non-hydrogen) atoms. The van der Waals surface area contributed by atoms with Crippen molar-refractivity contribution in [2.45, 2.75) is 0 Å². The first-order chi connectivity index (χ1) is 9.65. The fourth-order valence-electron chi connectivity index (χ4n) is 2.05. The summed E-state index contributed by atoms with van der Waals surface area (Å²) < 4.78 is 13.2. The third kappa shape index (κ3) is 2.09. The molecule has 0 aliphatic heterocycles. The maximum atomic E-state index is 13.2. The van der Waals surface area contributed by atoms with Crippen molar-refractivity contribution in [3.63, 3.8) is 0 Å². The Labute approximate surface area is 113 Å². The Hall–Kier alpha value is -2.82. The van der Waals surface area contributed by atoms with Gasteiger partial charge in [-0.25, -0.2) is 14.2 Å². The number of aromatic carboxylic acids is 1. The van der Waals surface area contributed by atoms with Crippen molar-refractivity contribution in [1.29, 1.82) is 0 Å². The molecule has 2 heterocycles. The van der Waals surface area contributed by atoms with Gasteiger partial charge in [-0.05, 0) is 18.2 Å². The van der Waals surface area contributed by atoms with Crippen LogP contribution in [0.25, 0.3) is 22.2 Å². The van der Waals surface area contributed by atoms with Gasteiger partial charge in [0, 0.05) is 17.1 Å². The molecule has 0 fully saturated rings. The van der Waals surface area contributed by atoms with Crippen molar-refractivity contribution in [2.75, 3.05) is 0 Å². The standard InChI is InChI=1S/C15H9FN2O2/c16-10-5-9(7-17-8-10)14-6-12(15(19)20)11-3-1-2-4-13(11)18-14/h1-8H,(H,19,20). The van der Waals surface area contributed by atoms with Gasteiger partial charge in [-0.2, -0.15) is 0 Å². The van der Waals surface area contributed by atoms with E-state index in [-0.39, 0.29) is 5.56 Å². The zero-order chi connectivity index (χ0) is 14.1. The Kier molecular flexibility index (Phi) is 2.87. The number of benzene rings is 1. The first-order valence-corrected chi connectivity index (χ1v) is 5.89. The summed E-state index contributed by atoms with van der Waals surface area (Å²) in [4.78, 5) is 19.5. The predicted octanol–water partition coefficient (Wildman–Crippen LogP) is 3.13. The molecule has 0 bridgehead atoms. The molecule has 0 unspecified atom stereocenters. The Bertz CT molecular complexity index is 818. The van der Waals surface area contributed by atoms with Crippen LogP contribution in [0.5, 0.6) is 0 Å². The van der Waals surface area contributed by atoms with Crippen molar-refractivity contribution in [3.05, 3.63) is 60.2 Å². The number of hydrogen-bond donors (Lipinski definition) is 1. The smallest absolute Gasteiger partial charge is 0.336 e. The molecule has 1 N–H and O–H groups in total. The molecule has 0 spiro atoms. The van der Waals surface area contributed by atoms with Gasteiger partial charge >= 0.3 is 5.97 Å². The lowest BCUT2D eigenvalue weighted by Crippen LogP contribution is -2.00. The number of halogens is 1. The number of pyridine rings is 2. The summed E-state index contributed by atoms with van der Waals surface area (Å²) in [6.45, 7) is 0. The van der Waals surface area contributed by atoms with Crippen molar-refractivity contribution in [2.24, 2.45) is 0 Å². The molecule has 0 atom stereocenters. The highest BCUT2D eigenvalue weighted by Crippen LogP contribution is 2.24. The van der Waals surface area contributed by atoms with E-state index in [1.165, 1.54) is 18.3 Å². The molecule has 5 heteroatoms. The van der Waals surface area contributed by atoms with E-state index in [1.54, 1.807) is 24.3 Å². The average Bonchev–Trinajstić information content (AvgIpc) is 2.46. The fraction of sp³-hybridized carbons (Fsp3) is 0. The van der Waals surface area contributed by atoms with Gasteiger partial charge in [0.15, 0.2) is 0 Å². The second-order valence-corrected chi connectivity index (χ2v) is 4.27. The van der Waals surface area contributed by atoms with E-state index in [1.807, 2.05) is 0 Å². The van der Waals surface area contributed by atoms with E-state index >= 15 is 0 Å². The van der Waals surface area contributed by atoms with Crippen LogP contribution in [0.2, 0.25) is 0 Å². The van der Waals surface area contributed by atoms with Gasteiger partial charge in [0.2, 0.25) is 0 Å². The van der Waals surface area contributed by atoms with E-state index < -0.39 is 11.8 Å². The lowest BCUT2D eigenvalue weighted by atomic mass is 10.1. The molecule has 3 rings (SSSR count). The SMILES string of the molecule is O=C(O)c1cc(-c2cncc(F)c2)nc2ccccc12. The van der Waals surface area contributed by atoms with E-state index in [0.717, 1.165) is 6.20 Å². The molecule has 0 saturated heterocycles. The molecule has 3 aromatic rings. The Morgan fingerprint density at radius 3 is 2.70 bits per heavy atom. The topological polar surface area (TPSA) is 63.1 Å². The number of fused-ring (bicyclic) bond motifs is 1. The van der Waals surface area contributed by atoms with Gasteiger partial charge < -0.3 is 5.11 Å². The summed E-state index contributed by atoms with van der Waals surface area (Å²) in [5.41, 5.74) is 1.51. The zero-order valence-electron chi connectivity index (χ0n) is 10.2. The molecular weight excluding hydrogens is 259 g/mol. The summed E-state index contributed by atoms with van der Waals surface area (Å²) in [6.07, 6.45) is 2.54. The van der Waals surface area contributed by atoms with Crippen LogP contribution in [-0.2, 0) is 0 Å². The predicted molar refractivity (Wildman–Crippen MR) is 71.9 cm³/mol. The fourth-order valence-corrected chi connectivity index (χ4v) is 2.05. The second kappa shape index (κ2) is 4.70. The molecule has 0 saturated carbocycles. The molecule has 4 nitrogen and oxygen atoms in total. The molecule has 1 aromatic carbocycles. The number of rotatable bonds is 2. The van der Waals surface area contributed by atoms with E-state index in [4.69, 9.17) is 0 Å². The Morgan fingerprint density at radius 1 is 1.15 bits per heavy atom. The number of nitrogens with zero attached hydrogens (tertiary/aromatic N) is 2. The van der Waals surface area contributed by atoms with Crippen LogP contribution in [0, 0.1) is 5.82 Å². The minimum absolute atomic E-state index is 0.134. The van der Waals surface area contributed by atoms with Gasteiger partial charge in [-0.15, -0.1) is 0 Å². The highest BCUT2D eigenvalue weighted by Gasteiger charge is 2.13. The van der Waals surface area contributed by atoms with Crippen molar-refractivity contribution >= 4 is 16.9 Å². The second-order valence-electron chi connectivity index (χ2n) is 4.27. The number of carboxylic acids is 1. The molecule has 2 aromatic heterocycles. The minimum Gasteiger partial charge on any atom is -0.478 e. The molecule has 0 radical (unpaired) electrons. The Balaban J connectivity index is 2.30. The van der Waals surface area contributed by atoms with E-state index in [9.17, 15) is 14.3 Å². The van der Waals surface area contributed by atoms with Gasteiger partial charge in [0.05, 0.1) is 23.0 Å². The van der Waals surface area contributed by atoms with Crippen molar-refractivity contribution in [3.8, 4) is 11.3 Å². The lowest BCUT2D eigenvalue weighted by Gasteiger charge is -2.06. The van der Waals surface area contributed by atoms with Crippen molar-refractivity contribution < 1.29 is 14.3 Å². The summed E-state index contributed by atoms with van der Waals surface area (Å²) in [7, 11) is 0. The number of carboxylic acid groups (broad SMARTS) is 1. The highest BCUT2D eigenvalue weighted by atomic mass is 19.1. The minimum atomic E-state index is -1.05. The van der Waals surface area contributed by atoms with E-state index in [0.29, 0.717) is 22.2 Å². The van der Waals surface area contributed by atoms with Crippen LogP contribution >= 0.6 is 0 Å². The third-order valence-corrected chi connectivity index (χ3v) is 2.95. The van der Waals surface area contributed by atoms with Gasteiger partial charge in [-0.1, -0.05) is 18.2 Å². The summed E-state index contributed by atoms with van der Waals surface area (Å²) in [5, 5.41) is 9.84. The Morgan fingerprint density at radius 2 is 1.95 bits per heavy atom. The largest absolute Gasteiger partial charge is 0.478 e. The maximum absolute atomic E-state index is 13.2. The number of para-hydroxylation sites is 1.